The molecule has 1 aromatic rings. The third-order valence-corrected chi connectivity index (χ3v) is 2.97. The molecule has 0 saturated heterocycles. The van der Waals surface area contributed by atoms with Crippen molar-refractivity contribution in [1.82, 2.24) is 25.5 Å². The van der Waals surface area contributed by atoms with Crippen molar-refractivity contribution >= 4 is 0 Å². The van der Waals surface area contributed by atoms with Gasteiger partial charge < -0.3 is 5.32 Å². The first-order valence-corrected chi connectivity index (χ1v) is 6.46. The highest BCUT2D eigenvalue weighted by molar-refractivity contribution is 4.83. The van der Waals surface area contributed by atoms with E-state index in [0.717, 1.165) is 18.9 Å². The van der Waals surface area contributed by atoms with Crippen LogP contribution in [-0.2, 0) is 13.1 Å². The maximum Gasteiger partial charge on any atom is 0.165 e. The molecule has 1 aromatic heterocycles. The highest BCUT2D eigenvalue weighted by Crippen LogP contribution is 2.11. The second kappa shape index (κ2) is 6.10. The van der Waals surface area contributed by atoms with Crippen LogP contribution in [0.15, 0.2) is 0 Å². The Morgan fingerprint density at radius 3 is 2.41 bits per heavy atom. The number of nitrogens with one attached hydrogen (secondary N) is 1. The molecule has 0 spiro atoms. The van der Waals surface area contributed by atoms with E-state index in [4.69, 9.17) is 0 Å². The smallest absolute Gasteiger partial charge is 0.165 e. The van der Waals surface area contributed by atoms with E-state index >= 15 is 0 Å². The predicted molar refractivity (Wildman–Crippen MR) is 68.5 cm³/mol. The summed E-state index contributed by atoms with van der Waals surface area (Å²) >= 11 is 0. The van der Waals surface area contributed by atoms with Crippen molar-refractivity contribution in [3.8, 4) is 0 Å². The Bertz CT molecular complexity index is 322. The maximum atomic E-state index is 4.08. The molecule has 0 aromatic carbocycles. The van der Waals surface area contributed by atoms with Gasteiger partial charge in [0.2, 0.25) is 0 Å². The quantitative estimate of drug-likeness (QED) is 0.825. The second-order valence-electron chi connectivity index (χ2n) is 5.56. The van der Waals surface area contributed by atoms with Crippen LogP contribution in [0.5, 0.6) is 0 Å². The average Bonchev–Trinajstić information content (AvgIpc) is 2.69. The van der Waals surface area contributed by atoms with Crippen molar-refractivity contribution in [3.05, 3.63) is 5.82 Å². The number of rotatable bonds is 6. The van der Waals surface area contributed by atoms with Crippen LogP contribution in [0.4, 0.5) is 0 Å². The fourth-order valence-electron chi connectivity index (χ4n) is 1.63. The highest BCUT2D eigenvalue weighted by atomic mass is 15.5. The zero-order valence-electron chi connectivity index (χ0n) is 11.7. The molecule has 1 N–H and O–H groups in total. The SMILES string of the molecule is CCC(CC)Cn1nnnc1CNC(C)(C)C. The summed E-state index contributed by atoms with van der Waals surface area (Å²) < 4.78 is 1.93. The van der Waals surface area contributed by atoms with Crippen molar-refractivity contribution in [2.45, 2.75) is 66.1 Å². The van der Waals surface area contributed by atoms with E-state index in [1.54, 1.807) is 0 Å². The molecule has 0 unspecified atom stereocenters. The van der Waals surface area contributed by atoms with Crippen LogP contribution in [0, 0.1) is 5.92 Å². The van der Waals surface area contributed by atoms with Crippen LogP contribution in [0.25, 0.3) is 0 Å². The Hall–Kier alpha value is -0.970. The number of nitrogens with zero attached hydrogens (tertiary/aromatic N) is 4. The van der Waals surface area contributed by atoms with E-state index in [1.165, 1.54) is 12.8 Å². The van der Waals surface area contributed by atoms with Gasteiger partial charge in [-0.25, -0.2) is 4.68 Å². The molecule has 0 atom stereocenters. The van der Waals surface area contributed by atoms with E-state index in [-0.39, 0.29) is 5.54 Å². The Morgan fingerprint density at radius 1 is 1.24 bits per heavy atom. The third kappa shape index (κ3) is 4.81. The highest BCUT2D eigenvalue weighted by Gasteiger charge is 2.14. The molecule has 1 rings (SSSR count). The van der Waals surface area contributed by atoms with Gasteiger partial charge in [-0.15, -0.1) is 5.10 Å². The van der Waals surface area contributed by atoms with E-state index in [2.05, 4.69) is 55.5 Å². The second-order valence-corrected chi connectivity index (χ2v) is 5.56. The summed E-state index contributed by atoms with van der Waals surface area (Å²) in [6, 6.07) is 0. The van der Waals surface area contributed by atoms with Crippen molar-refractivity contribution < 1.29 is 0 Å². The summed E-state index contributed by atoms with van der Waals surface area (Å²) in [5.74, 6) is 1.58. The minimum Gasteiger partial charge on any atom is -0.305 e. The van der Waals surface area contributed by atoms with Crippen molar-refractivity contribution in [1.29, 1.82) is 0 Å². The molecule has 0 aliphatic heterocycles. The van der Waals surface area contributed by atoms with Crippen LogP contribution >= 0.6 is 0 Å². The van der Waals surface area contributed by atoms with Crippen LogP contribution in [0.2, 0.25) is 0 Å². The van der Waals surface area contributed by atoms with Crippen molar-refractivity contribution in [2.75, 3.05) is 0 Å². The summed E-state index contributed by atoms with van der Waals surface area (Å²) in [5, 5.41) is 15.3. The van der Waals surface area contributed by atoms with Gasteiger partial charge in [-0.05, 0) is 37.1 Å². The van der Waals surface area contributed by atoms with Crippen LogP contribution in [0.1, 0.15) is 53.3 Å². The molecule has 1 heterocycles. The Kier molecular flexibility index (Phi) is 5.05. The monoisotopic (exact) mass is 239 g/mol. The van der Waals surface area contributed by atoms with Gasteiger partial charge in [-0.2, -0.15) is 0 Å². The van der Waals surface area contributed by atoms with Gasteiger partial charge >= 0.3 is 0 Å². The minimum absolute atomic E-state index is 0.0890. The Balaban J connectivity index is 2.59. The fraction of sp³-hybridized carbons (Fsp3) is 0.917. The van der Waals surface area contributed by atoms with Gasteiger partial charge in [0, 0.05) is 12.1 Å². The lowest BCUT2D eigenvalue weighted by atomic mass is 10.0. The van der Waals surface area contributed by atoms with Gasteiger partial charge in [-0.3, -0.25) is 0 Å². The lowest BCUT2D eigenvalue weighted by Gasteiger charge is -2.20. The van der Waals surface area contributed by atoms with Crippen molar-refractivity contribution in [3.63, 3.8) is 0 Å². The molecule has 0 saturated carbocycles. The van der Waals surface area contributed by atoms with Crippen LogP contribution in [-0.4, -0.2) is 25.7 Å². The lowest BCUT2D eigenvalue weighted by Crippen LogP contribution is -2.36. The summed E-state index contributed by atoms with van der Waals surface area (Å²) in [5.41, 5.74) is 0.0890. The number of hydrogen-bond acceptors (Lipinski definition) is 4. The molecule has 0 bridgehead atoms. The van der Waals surface area contributed by atoms with E-state index < -0.39 is 0 Å². The molecule has 0 aliphatic carbocycles. The lowest BCUT2D eigenvalue weighted by molar-refractivity contribution is 0.365. The molecule has 5 heteroatoms. The van der Waals surface area contributed by atoms with Gasteiger partial charge in [-0.1, -0.05) is 26.7 Å². The normalized spacial score (nSPS) is 12.4. The molecule has 0 aliphatic rings. The molecule has 0 fully saturated rings. The standard InChI is InChI=1S/C12H25N5/c1-6-10(7-2)9-17-11(14-15-16-17)8-13-12(3,4)5/h10,13H,6-9H2,1-5H3. The van der Waals surface area contributed by atoms with Gasteiger partial charge in [0.05, 0.1) is 6.54 Å². The summed E-state index contributed by atoms with van der Waals surface area (Å²) in [6.45, 7) is 12.5. The Labute approximate surface area is 104 Å². The first kappa shape index (κ1) is 14.1. The largest absolute Gasteiger partial charge is 0.305 e. The van der Waals surface area contributed by atoms with E-state index in [9.17, 15) is 0 Å². The number of aromatic nitrogens is 4. The first-order valence-electron chi connectivity index (χ1n) is 6.46. The molecular weight excluding hydrogens is 214 g/mol. The molecule has 17 heavy (non-hydrogen) atoms. The Morgan fingerprint density at radius 2 is 1.88 bits per heavy atom. The topological polar surface area (TPSA) is 55.6 Å². The molecule has 0 radical (unpaired) electrons. The zero-order valence-corrected chi connectivity index (χ0v) is 11.7. The average molecular weight is 239 g/mol. The first-order chi connectivity index (χ1) is 7.96. The predicted octanol–water partition coefficient (Wildman–Crippen LogP) is 2.00. The molecule has 0 amide bonds. The zero-order chi connectivity index (χ0) is 12.9. The number of hydrogen-bond donors (Lipinski definition) is 1. The molecular formula is C12H25N5. The summed E-state index contributed by atoms with van der Waals surface area (Å²) in [4.78, 5) is 0. The van der Waals surface area contributed by atoms with E-state index in [0.29, 0.717) is 5.92 Å². The minimum atomic E-state index is 0.0890. The molecule has 98 valence electrons. The molecule has 5 nitrogen and oxygen atoms in total. The van der Waals surface area contributed by atoms with Gasteiger partial charge in [0.1, 0.15) is 0 Å². The van der Waals surface area contributed by atoms with Crippen LogP contribution < -0.4 is 5.32 Å². The van der Waals surface area contributed by atoms with Gasteiger partial charge in [0.25, 0.3) is 0 Å². The number of tetrazole rings is 1. The fourth-order valence-corrected chi connectivity index (χ4v) is 1.63. The van der Waals surface area contributed by atoms with Gasteiger partial charge in [0.15, 0.2) is 5.82 Å². The summed E-state index contributed by atoms with van der Waals surface area (Å²) in [6.07, 6.45) is 2.34. The summed E-state index contributed by atoms with van der Waals surface area (Å²) in [7, 11) is 0. The maximum absolute atomic E-state index is 4.08. The third-order valence-electron chi connectivity index (χ3n) is 2.97. The van der Waals surface area contributed by atoms with E-state index in [1.807, 2.05) is 4.68 Å². The van der Waals surface area contributed by atoms with Crippen molar-refractivity contribution in [2.24, 2.45) is 5.92 Å². The van der Waals surface area contributed by atoms with Crippen LogP contribution in [0.3, 0.4) is 0 Å².